The molecule has 2 aliphatic heterocycles. The number of nitriles is 2. The molecule has 2 fully saturated rings. The number of amides is 2. The molecule has 71 heavy (non-hydrogen) atoms. The number of sulfonamides is 1. The van der Waals surface area contributed by atoms with E-state index in [0.29, 0.717) is 46.7 Å². The fraction of sp³-hybridized carbons (Fsp3) is 0.211. The summed E-state index contributed by atoms with van der Waals surface area (Å²) in [6.45, 7) is 6.92. The first-order chi connectivity index (χ1) is 34.4. The number of pyridine rings is 1. The van der Waals surface area contributed by atoms with Crippen LogP contribution in [-0.4, -0.2) is 73.7 Å². The van der Waals surface area contributed by atoms with Crippen LogP contribution in [0.15, 0.2) is 161 Å². The van der Waals surface area contributed by atoms with E-state index in [0.717, 1.165) is 90.1 Å². The monoisotopic (exact) mass is 1020 g/mol. The highest BCUT2D eigenvalue weighted by atomic mass is 79.9. The summed E-state index contributed by atoms with van der Waals surface area (Å²) in [6.07, 6.45) is 4.27. The van der Waals surface area contributed by atoms with Crippen molar-refractivity contribution in [1.29, 1.82) is 10.5 Å². The second-order valence-electron chi connectivity index (χ2n) is 18.0. The highest BCUT2D eigenvalue weighted by molar-refractivity contribution is 9.10. The van der Waals surface area contributed by atoms with Gasteiger partial charge in [0, 0.05) is 67.1 Å². The Balaban J connectivity index is 0.791. The molecule has 2 N–H and O–H groups in total. The summed E-state index contributed by atoms with van der Waals surface area (Å²) in [4.78, 5) is 36.4. The number of anilines is 3. The summed E-state index contributed by atoms with van der Waals surface area (Å²) in [7, 11) is -3.81. The summed E-state index contributed by atoms with van der Waals surface area (Å²) < 4.78 is 30.7. The average Bonchev–Trinajstić information content (AvgIpc) is 3.65. The predicted octanol–water partition coefficient (Wildman–Crippen LogP) is 11.0. The van der Waals surface area contributed by atoms with E-state index in [1.807, 2.05) is 67.6 Å². The quantitative estimate of drug-likeness (QED) is 0.121. The van der Waals surface area contributed by atoms with Crippen LogP contribution in [0, 0.1) is 29.6 Å². The van der Waals surface area contributed by atoms with Gasteiger partial charge in [0.05, 0.1) is 40.0 Å². The lowest BCUT2D eigenvalue weighted by atomic mass is 9.88. The highest BCUT2D eigenvalue weighted by Gasteiger charge is 2.32. The molecule has 1 aromatic heterocycles. The van der Waals surface area contributed by atoms with Crippen molar-refractivity contribution in [2.75, 3.05) is 54.8 Å². The van der Waals surface area contributed by atoms with Crippen LogP contribution in [0.3, 0.4) is 0 Å². The first-order valence-electron chi connectivity index (χ1n) is 23.6. The van der Waals surface area contributed by atoms with Gasteiger partial charge in [0.2, 0.25) is 10.0 Å². The topological polar surface area (TPSA) is 163 Å². The van der Waals surface area contributed by atoms with E-state index in [2.05, 4.69) is 66.7 Å². The van der Waals surface area contributed by atoms with Crippen molar-refractivity contribution >= 4 is 55.0 Å². The van der Waals surface area contributed by atoms with Crippen molar-refractivity contribution in [2.45, 2.75) is 43.5 Å². The minimum atomic E-state index is -3.81. The van der Waals surface area contributed by atoms with Crippen LogP contribution in [0.1, 0.15) is 73.7 Å². The van der Waals surface area contributed by atoms with Gasteiger partial charge in [0.25, 0.3) is 11.8 Å². The largest absolute Gasteiger partial charge is 0.355 e. The van der Waals surface area contributed by atoms with Crippen molar-refractivity contribution < 1.29 is 18.0 Å². The molecular weight excluding hydrogens is 973 g/mol. The lowest BCUT2D eigenvalue weighted by molar-refractivity contribution is 0.101. The Labute approximate surface area is 423 Å². The molecule has 9 rings (SSSR count). The number of halogens is 1. The smallest absolute Gasteiger partial charge is 0.255 e. The maximum absolute atomic E-state index is 14.1. The first-order valence-corrected chi connectivity index (χ1v) is 25.8. The van der Waals surface area contributed by atoms with Gasteiger partial charge in [-0.05, 0) is 162 Å². The Morgan fingerprint density at radius 1 is 0.690 bits per heavy atom. The zero-order valence-electron chi connectivity index (χ0n) is 39.2. The molecule has 0 radical (unpaired) electrons. The Hall–Kier alpha value is -7.46. The van der Waals surface area contributed by atoms with Crippen LogP contribution < -0.4 is 15.5 Å². The molecular formula is C57H51BrN8O4S. The average molecular weight is 1020 g/mol. The van der Waals surface area contributed by atoms with Crippen molar-refractivity contribution in [3.8, 4) is 34.4 Å². The fourth-order valence-corrected chi connectivity index (χ4v) is 11.4. The minimum absolute atomic E-state index is 0.0376. The van der Waals surface area contributed by atoms with Crippen molar-refractivity contribution in [3.63, 3.8) is 0 Å². The normalized spacial score (nSPS) is 15.5. The van der Waals surface area contributed by atoms with Crippen LogP contribution in [0.5, 0.6) is 0 Å². The van der Waals surface area contributed by atoms with E-state index in [9.17, 15) is 28.5 Å². The lowest BCUT2D eigenvalue weighted by Crippen LogP contribution is -2.39. The SMILES string of the molecule is Cc1ccc(C(=O)Nc2ccc(N3CCCN(Cc4ccccc4C4CCCN(S(=O)(=O)c5ccc(NC(=O)c6ccc(Br)c(-c7ccc(C#N)cc7)c6)cc5)C4)CC3)nc2)cc1-c1ccc(C#N)cc1. The molecule has 0 bridgehead atoms. The molecule has 1 atom stereocenters. The third kappa shape index (κ3) is 11.3. The standard InChI is InChI=1S/C57H51BrN8O4S/c1-39-9-14-44(32-52(39)42-15-10-40(34-59)11-16-42)57(68)63-49-22-26-55(61-36-49)65-28-5-27-64(30-31-65)37-46-6-2-3-8-51(46)47-7-4-29-66(38-47)71(69,70)50-23-20-48(21-24-50)62-56(67)45-19-25-54(58)53(33-45)43-17-12-41(35-60)13-18-43/h2-3,6,8-26,32-33,36,47H,4-5,7,27-31,37-38H2,1H3,(H,62,67)(H,63,68). The number of benzene rings is 6. The molecule has 12 nitrogen and oxygen atoms in total. The summed E-state index contributed by atoms with van der Waals surface area (Å²) in [5, 5.41) is 24.3. The number of piperidine rings is 1. The third-order valence-corrected chi connectivity index (χ3v) is 15.9. The van der Waals surface area contributed by atoms with Crippen molar-refractivity contribution in [2.24, 2.45) is 0 Å². The molecule has 14 heteroatoms. The molecule has 2 saturated heterocycles. The number of nitrogens with zero attached hydrogens (tertiary/aromatic N) is 6. The van der Waals surface area contributed by atoms with Crippen LogP contribution in [-0.2, 0) is 16.6 Å². The summed E-state index contributed by atoms with van der Waals surface area (Å²) in [5.74, 6) is 0.326. The van der Waals surface area contributed by atoms with Gasteiger partial charge in [0.15, 0.2) is 0 Å². The van der Waals surface area contributed by atoms with E-state index >= 15 is 0 Å². The zero-order chi connectivity index (χ0) is 49.5. The number of aromatic nitrogens is 1. The van der Waals surface area contributed by atoms with Gasteiger partial charge < -0.3 is 15.5 Å². The number of hydrogen-bond donors (Lipinski definition) is 2. The number of hydrogen-bond acceptors (Lipinski definition) is 9. The van der Waals surface area contributed by atoms with E-state index in [-0.39, 0.29) is 22.6 Å². The summed E-state index contributed by atoms with van der Waals surface area (Å²) in [5.41, 5.74) is 10.1. The molecule has 2 aliphatic rings. The maximum Gasteiger partial charge on any atom is 0.255 e. The van der Waals surface area contributed by atoms with Gasteiger partial charge >= 0.3 is 0 Å². The van der Waals surface area contributed by atoms with Gasteiger partial charge in [-0.1, -0.05) is 70.5 Å². The number of carbonyl (C=O) groups excluding carboxylic acids is 2. The van der Waals surface area contributed by atoms with E-state index in [1.165, 1.54) is 11.1 Å². The Bertz CT molecular complexity index is 3280. The number of aryl methyl sites for hydroxylation is 1. The van der Waals surface area contributed by atoms with Gasteiger partial charge in [-0.3, -0.25) is 14.5 Å². The minimum Gasteiger partial charge on any atom is -0.355 e. The number of rotatable bonds is 12. The van der Waals surface area contributed by atoms with Crippen LogP contribution in [0.25, 0.3) is 22.3 Å². The van der Waals surface area contributed by atoms with Gasteiger partial charge in [-0.15, -0.1) is 0 Å². The Morgan fingerprint density at radius 2 is 1.32 bits per heavy atom. The fourth-order valence-electron chi connectivity index (χ4n) is 9.41. The molecule has 6 aromatic carbocycles. The highest BCUT2D eigenvalue weighted by Crippen LogP contribution is 2.34. The lowest BCUT2D eigenvalue weighted by Gasteiger charge is -2.33. The number of carbonyl (C=O) groups is 2. The molecule has 7 aromatic rings. The van der Waals surface area contributed by atoms with Crippen LogP contribution in [0.4, 0.5) is 17.2 Å². The van der Waals surface area contributed by atoms with Gasteiger partial charge in [-0.25, -0.2) is 13.4 Å². The first kappa shape index (κ1) is 48.6. The molecule has 3 heterocycles. The maximum atomic E-state index is 14.1. The molecule has 0 aliphatic carbocycles. The number of nitrogens with one attached hydrogen (secondary N) is 2. The predicted molar refractivity (Wildman–Crippen MR) is 281 cm³/mol. The second-order valence-corrected chi connectivity index (χ2v) is 20.8. The van der Waals surface area contributed by atoms with E-state index < -0.39 is 10.0 Å². The molecule has 0 saturated carbocycles. The zero-order valence-corrected chi connectivity index (χ0v) is 41.6. The van der Waals surface area contributed by atoms with Crippen LogP contribution >= 0.6 is 15.9 Å². The second kappa shape index (κ2) is 21.7. The molecule has 0 spiro atoms. The molecule has 1 unspecified atom stereocenters. The van der Waals surface area contributed by atoms with Gasteiger partial charge in [0.1, 0.15) is 5.82 Å². The third-order valence-electron chi connectivity index (χ3n) is 13.3. The van der Waals surface area contributed by atoms with Crippen molar-refractivity contribution in [1.82, 2.24) is 14.2 Å². The Morgan fingerprint density at radius 3 is 2.00 bits per heavy atom. The molecule has 356 valence electrons. The summed E-state index contributed by atoms with van der Waals surface area (Å²) in [6, 6.07) is 48.3. The van der Waals surface area contributed by atoms with Crippen molar-refractivity contribution in [3.05, 3.63) is 195 Å². The van der Waals surface area contributed by atoms with E-state index in [4.69, 9.17) is 4.98 Å². The van der Waals surface area contributed by atoms with E-state index in [1.54, 1.807) is 77.2 Å². The van der Waals surface area contributed by atoms with Crippen LogP contribution in [0.2, 0.25) is 0 Å². The molecule has 2 amide bonds. The van der Waals surface area contributed by atoms with Gasteiger partial charge in [-0.2, -0.15) is 14.8 Å². The Kier molecular flexibility index (Phi) is 14.8. The summed E-state index contributed by atoms with van der Waals surface area (Å²) >= 11 is 3.57.